The minimum Gasteiger partial charge on any atom is -0.497 e. The quantitative estimate of drug-likeness (QED) is 0.909. The Bertz CT molecular complexity index is 533. The fourth-order valence-electron chi connectivity index (χ4n) is 3.61. The van der Waals surface area contributed by atoms with E-state index in [4.69, 9.17) is 19.9 Å². The van der Waals surface area contributed by atoms with Gasteiger partial charge in [-0.1, -0.05) is 6.92 Å². The predicted octanol–water partition coefficient (Wildman–Crippen LogP) is 3.20. The summed E-state index contributed by atoms with van der Waals surface area (Å²) in [6, 6.07) is 5.89. The molecule has 2 unspecified atom stereocenters. The molecule has 0 aromatic heterocycles. The first-order valence-electron chi connectivity index (χ1n) is 7.76. The van der Waals surface area contributed by atoms with Gasteiger partial charge in [-0.3, -0.25) is 0 Å². The van der Waals surface area contributed by atoms with E-state index < -0.39 is 0 Å². The fraction of sp³-hybridized carbons (Fsp3) is 0.647. The van der Waals surface area contributed by atoms with Crippen molar-refractivity contribution in [3.05, 3.63) is 23.8 Å². The molecule has 1 aromatic rings. The Morgan fingerprint density at radius 2 is 2.24 bits per heavy atom. The van der Waals surface area contributed by atoms with Crippen molar-refractivity contribution in [2.24, 2.45) is 5.73 Å². The zero-order valence-corrected chi connectivity index (χ0v) is 13.1. The lowest BCUT2D eigenvalue weighted by molar-refractivity contribution is -0.151. The molecule has 0 saturated carbocycles. The molecule has 1 aromatic carbocycles. The minimum absolute atomic E-state index is 0.0111. The molecule has 2 N–H and O–H groups in total. The van der Waals surface area contributed by atoms with E-state index in [9.17, 15) is 0 Å². The maximum Gasteiger partial charge on any atom is 0.125 e. The Morgan fingerprint density at radius 3 is 2.95 bits per heavy atom. The van der Waals surface area contributed by atoms with Crippen LogP contribution in [0.1, 0.15) is 51.1 Å². The average molecular weight is 291 g/mol. The van der Waals surface area contributed by atoms with Gasteiger partial charge in [-0.25, -0.2) is 0 Å². The Hall–Kier alpha value is -1.26. The van der Waals surface area contributed by atoms with Gasteiger partial charge in [0.1, 0.15) is 17.1 Å². The SMILES string of the molecule is CCC1(C)CC2(CCO1)C[C@H](N)c1cc(OC)ccc1O2. The lowest BCUT2D eigenvalue weighted by Gasteiger charge is -2.49. The van der Waals surface area contributed by atoms with Crippen LogP contribution in [-0.2, 0) is 4.74 Å². The van der Waals surface area contributed by atoms with Crippen LogP contribution in [0.4, 0.5) is 0 Å². The van der Waals surface area contributed by atoms with Crippen LogP contribution >= 0.6 is 0 Å². The van der Waals surface area contributed by atoms with E-state index in [2.05, 4.69) is 13.8 Å². The fourth-order valence-corrected chi connectivity index (χ4v) is 3.61. The highest BCUT2D eigenvalue weighted by atomic mass is 16.5. The minimum atomic E-state index is -0.190. The molecule has 3 atom stereocenters. The van der Waals surface area contributed by atoms with E-state index in [1.165, 1.54) is 0 Å². The molecule has 1 fully saturated rings. The van der Waals surface area contributed by atoms with Gasteiger partial charge >= 0.3 is 0 Å². The van der Waals surface area contributed by atoms with E-state index in [-0.39, 0.29) is 17.2 Å². The second kappa shape index (κ2) is 5.18. The number of methoxy groups -OCH3 is 1. The van der Waals surface area contributed by atoms with Gasteiger partial charge in [-0.15, -0.1) is 0 Å². The Morgan fingerprint density at radius 1 is 1.43 bits per heavy atom. The lowest BCUT2D eigenvalue weighted by Crippen LogP contribution is -2.53. The summed E-state index contributed by atoms with van der Waals surface area (Å²) >= 11 is 0. The van der Waals surface area contributed by atoms with Gasteiger partial charge < -0.3 is 19.9 Å². The van der Waals surface area contributed by atoms with Crippen molar-refractivity contribution in [1.29, 1.82) is 0 Å². The maximum atomic E-state index is 6.43. The van der Waals surface area contributed by atoms with Gasteiger partial charge in [0.2, 0.25) is 0 Å². The van der Waals surface area contributed by atoms with Gasteiger partial charge in [-0.05, 0) is 31.5 Å². The van der Waals surface area contributed by atoms with Gasteiger partial charge in [0.05, 0.1) is 19.3 Å². The van der Waals surface area contributed by atoms with Gasteiger partial charge in [0.25, 0.3) is 0 Å². The molecule has 2 aliphatic heterocycles. The third kappa shape index (κ3) is 2.62. The molecule has 0 bridgehead atoms. The summed E-state index contributed by atoms with van der Waals surface area (Å²) in [5.41, 5.74) is 7.18. The number of hydrogen-bond donors (Lipinski definition) is 1. The van der Waals surface area contributed by atoms with Crippen LogP contribution in [0.25, 0.3) is 0 Å². The summed E-state index contributed by atoms with van der Waals surface area (Å²) in [5.74, 6) is 1.73. The highest BCUT2D eigenvalue weighted by Gasteiger charge is 2.47. The summed E-state index contributed by atoms with van der Waals surface area (Å²) in [4.78, 5) is 0. The summed E-state index contributed by atoms with van der Waals surface area (Å²) in [5, 5.41) is 0. The molecule has 0 aliphatic carbocycles. The highest BCUT2D eigenvalue weighted by molar-refractivity contribution is 5.44. The molecule has 0 radical (unpaired) electrons. The third-order valence-corrected chi connectivity index (χ3v) is 4.99. The van der Waals surface area contributed by atoms with E-state index in [1.54, 1.807) is 7.11 Å². The number of ether oxygens (including phenoxy) is 3. The van der Waals surface area contributed by atoms with Crippen LogP contribution < -0.4 is 15.2 Å². The summed E-state index contributed by atoms with van der Waals surface area (Å²) < 4.78 is 17.7. The predicted molar refractivity (Wildman–Crippen MR) is 81.8 cm³/mol. The first kappa shape index (κ1) is 14.7. The van der Waals surface area contributed by atoms with Gasteiger partial charge in [0, 0.05) is 30.9 Å². The van der Waals surface area contributed by atoms with E-state index in [1.807, 2.05) is 18.2 Å². The number of fused-ring (bicyclic) bond motifs is 1. The zero-order chi connectivity index (χ0) is 15.1. The van der Waals surface area contributed by atoms with Gasteiger partial charge in [-0.2, -0.15) is 0 Å². The molecule has 4 nitrogen and oxygen atoms in total. The molecular formula is C17H25NO3. The third-order valence-electron chi connectivity index (χ3n) is 4.99. The molecule has 2 heterocycles. The molecular weight excluding hydrogens is 266 g/mol. The van der Waals surface area contributed by atoms with E-state index >= 15 is 0 Å². The first-order chi connectivity index (χ1) is 9.99. The smallest absolute Gasteiger partial charge is 0.125 e. The molecule has 3 rings (SSSR count). The monoisotopic (exact) mass is 291 g/mol. The number of benzene rings is 1. The second-order valence-electron chi connectivity index (χ2n) is 6.58. The number of nitrogens with two attached hydrogens (primary N) is 1. The van der Waals surface area contributed by atoms with Crippen LogP contribution in [0.15, 0.2) is 18.2 Å². The zero-order valence-electron chi connectivity index (χ0n) is 13.1. The van der Waals surface area contributed by atoms with Crippen LogP contribution in [0.3, 0.4) is 0 Å². The average Bonchev–Trinajstić information content (AvgIpc) is 2.47. The molecule has 1 saturated heterocycles. The summed E-state index contributed by atoms with van der Waals surface area (Å²) in [6.07, 6.45) is 3.63. The topological polar surface area (TPSA) is 53.7 Å². The highest BCUT2D eigenvalue weighted by Crippen LogP contribution is 2.47. The standard InChI is InChI=1S/C17H25NO3/c1-4-16(2)11-17(7-8-20-16)10-14(18)13-9-12(19-3)5-6-15(13)21-17/h5-6,9,14H,4,7-8,10-11,18H2,1-3H3/t14-,16?,17?/m0/s1. The Kier molecular flexibility index (Phi) is 3.62. The lowest BCUT2D eigenvalue weighted by atomic mass is 9.75. The second-order valence-corrected chi connectivity index (χ2v) is 6.58. The normalized spacial score (nSPS) is 35.1. The molecule has 2 aliphatic rings. The number of rotatable bonds is 2. The van der Waals surface area contributed by atoms with Crippen molar-refractivity contribution in [2.45, 2.75) is 56.8 Å². The molecule has 0 amide bonds. The maximum absolute atomic E-state index is 6.43. The van der Waals surface area contributed by atoms with Crippen LogP contribution in [0.5, 0.6) is 11.5 Å². The van der Waals surface area contributed by atoms with Crippen molar-refractivity contribution >= 4 is 0 Å². The van der Waals surface area contributed by atoms with Crippen molar-refractivity contribution in [3.63, 3.8) is 0 Å². The van der Waals surface area contributed by atoms with Crippen LogP contribution in [-0.4, -0.2) is 24.9 Å². The molecule has 4 heteroatoms. The Labute approximate surface area is 126 Å². The van der Waals surface area contributed by atoms with Crippen molar-refractivity contribution < 1.29 is 14.2 Å². The molecule has 21 heavy (non-hydrogen) atoms. The van der Waals surface area contributed by atoms with Crippen molar-refractivity contribution in [1.82, 2.24) is 0 Å². The first-order valence-corrected chi connectivity index (χ1v) is 7.76. The van der Waals surface area contributed by atoms with Gasteiger partial charge in [0.15, 0.2) is 0 Å². The molecule has 116 valence electrons. The largest absolute Gasteiger partial charge is 0.497 e. The summed E-state index contributed by atoms with van der Waals surface area (Å²) in [6.45, 7) is 5.08. The Balaban J connectivity index is 1.91. The van der Waals surface area contributed by atoms with Crippen LogP contribution in [0.2, 0.25) is 0 Å². The van der Waals surface area contributed by atoms with Crippen molar-refractivity contribution in [3.8, 4) is 11.5 Å². The number of hydrogen-bond acceptors (Lipinski definition) is 4. The van der Waals surface area contributed by atoms with Crippen molar-refractivity contribution in [2.75, 3.05) is 13.7 Å². The van der Waals surface area contributed by atoms with E-state index in [0.717, 1.165) is 49.4 Å². The van der Waals surface area contributed by atoms with E-state index in [0.29, 0.717) is 0 Å². The molecule has 1 spiro atoms. The van der Waals surface area contributed by atoms with Crippen LogP contribution in [0, 0.1) is 0 Å². The summed E-state index contributed by atoms with van der Waals surface area (Å²) in [7, 11) is 1.67.